The summed E-state index contributed by atoms with van der Waals surface area (Å²) in [7, 11) is 0. The number of unbranched alkanes of at least 4 members (excludes halogenated alkanes) is 3. The molecule has 0 saturated carbocycles. The standard InChI is InChI=1S/C18H34N6.HI/c1-4-6-7-8-11-15(3)21-18(19-5-2)20-14-17-23-22-16-12-9-10-13-24(16)17;/h15H,4-14H2,1-3H3,(H2,19,20,21);1H. The van der Waals surface area contributed by atoms with Crippen molar-refractivity contribution in [2.24, 2.45) is 4.99 Å². The number of hydrogen-bond acceptors (Lipinski definition) is 3. The minimum Gasteiger partial charge on any atom is -0.357 e. The minimum atomic E-state index is 0. The van der Waals surface area contributed by atoms with Gasteiger partial charge < -0.3 is 15.2 Å². The monoisotopic (exact) mass is 462 g/mol. The predicted octanol–water partition coefficient (Wildman–Crippen LogP) is 3.65. The molecule has 1 unspecified atom stereocenters. The highest BCUT2D eigenvalue weighted by atomic mass is 127. The highest BCUT2D eigenvalue weighted by Gasteiger charge is 2.15. The third-order valence-electron chi connectivity index (χ3n) is 4.53. The van der Waals surface area contributed by atoms with Crippen molar-refractivity contribution in [1.29, 1.82) is 0 Å². The number of fused-ring (bicyclic) bond motifs is 1. The van der Waals surface area contributed by atoms with Crippen molar-refractivity contribution in [3.8, 4) is 0 Å². The van der Waals surface area contributed by atoms with Gasteiger partial charge in [0.05, 0.1) is 0 Å². The summed E-state index contributed by atoms with van der Waals surface area (Å²) in [5, 5.41) is 15.5. The first kappa shape index (κ1) is 22.2. The van der Waals surface area contributed by atoms with Crippen LogP contribution in [-0.2, 0) is 19.5 Å². The van der Waals surface area contributed by atoms with E-state index in [1.807, 2.05) is 0 Å². The van der Waals surface area contributed by atoms with Crippen molar-refractivity contribution < 1.29 is 0 Å². The maximum absolute atomic E-state index is 4.72. The van der Waals surface area contributed by atoms with E-state index >= 15 is 0 Å². The number of aryl methyl sites for hydroxylation is 1. The number of aliphatic imine (C=N–C) groups is 1. The molecule has 1 aromatic heterocycles. The van der Waals surface area contributed by atoms with Crippen molar-refractivity contribution in [3.05, 3.63) is 11.6 Å². The number of aromatic nitrogens is 3. The summed E-state index contributed by atoms with van der Waals surface area (Å²) in [6.45, 7) is 9.07. The Kier molecular flexibility index (Phi) is 11.1. The summed E-state index contributed by atoms with van der Waals surface area (Å²) < 4.78 is 2.24. The van der Waals surface area contributed by atoms with Crippen LogP contribution in [0.15, 0.2) is 4.99 Å². The molecule has 0 aromatic carbocycles. The Balaban J connectivity index is 0.00000312. The zero-order valence-electron chi connectivity index (χ0n) is 16.1. The Labute approximate surface area is 169 Å². The van der Waals surface area contributed by atoms with Crippen LogP contribution < -0.4 is 10.6 Å². The number of rotatable bonds is 9. The van der Waals surface area contributed by atoms with Crippen LogP contribution in [-0.4, -0.2) is 33.3 Å². The normalized spacial score (nSPS) is 15.2. The number of nitrogens with zero attached hydrogens (tertiary/aromatic N) is 4. The number of halogens is 1. The van der Waals surface area contributed by atoms with Gasteiger partial charge in [0.1, 0.15) is 12.4 Å². The molecule has 0 spiro atoms. The van der Waals surface area contributed by atoms with Gasteiger partial charge in [-0.2, -0.15) is 0 Å². The van der Waals surface area contributed by atoms with E-state index < -0.39 is 0 Å². The largest absolute Gasteiger partial charge is 0.357 e. The van der Waals surface area contributed by atoms with Crippen molar-refractivity contribution in [3.63, 3.8) is 0 Å². The van der Waals surface area contributed by atoms with E-state index in [-0.39, 0.29) is 24.0 Å². The molecule has 2 heterocycles. The summed E-state index contributed by atoms with van der Waals surface area (Å²) in [5.41, 5.74) is 0. The van der Waals surface area contributed by atoms with Gasteiger partial charge >= 0.3 is 0 Å². The van der Waals surface area contributed by atoms with Crippen LogP contribution in [0.4, 0.5) is 0 Å². The molecule has 25 heavy (non-hydrogen) atoms. The first-order valence-electron chi connectivity index (χ1n) is 9.70. The van der Waals surface area contributed by atoms with Crippen LogP contribution in [0.5, 0.6) is 0 Å². The summed E-state index contributed by atoms with van der Waals surface area (Å²) in [6.07, 6.45) is 9.89. The average molecular weight is 462 g/mol. The zero-order valence-corrected chi connectivity index (χ0v) is 18.4. The van der Waals surface area contributed by atoms with E-state index in [4.69, 9.17) is 4.99 Å². The van der Waals surface area contributed by atoms with Crippen LogP contribution in [0, 0.1) is 0 Å². The van der Waals surface area contributed by atoms with E-state index in [9.17, 15) is 0 Å². The highest BCUT2D eigenvalue weighted by Crippen LogP contribution is 2.14. The SMILES string of the molecule is CCCCCCC(C)NC(=NCc1nnc2n1CCCC2)NCC.I. The van der Waals surface area contributed by atoms with Gasteiger partial charge in [-0.25, -0.2) is 4.99 Å². The van der Waals surface area contributed by atoms with Crippen LogP contribution in [0.3, 0.4) is 0 Å². The highest BCUT2D eigenvalue weighted by molar-refractivity contribution is 14.0. The Hall–Kier alpha value is -0.860. The molecule has 1 atom stereocenters. The average Bonchev–Trinajstić information content (AvgIpc) is 3.00. The molecule has 0 aliphatic carbocycles. The van der Waals surface area contributed by atoms with Crippen molar-refractivity contribution in [2.75, 3.05) is 6.54 Å². The van der Waals surface area contributed by atoms with Crippen molar-refractivity contribution >= 4 is 29.9 Å². The molecule has 0 radical (unpaired) electrons. The Morgan fingerprint density at radius 2 is 2.04 bits per heavy atom. The number of hydrogen-bond donors (Lipinski definition) is 2. The molecule has 6 nitrogen and oxygen atoms in total. The molecule has 1 aromatic rings. The Morgan fingerprint density at radius 3 is 2.80 bits per heavy atom. The van der Waals surface area contributed by atoms with Crippen molar-refractivity contribution in [1.82, 2.24) is 25.4 Å². The third kappa shape index (κ3) is 7.50. The lowest BCUT2D eigenvalue weighted by atomic mass is 10.1. The molecule has 0 bridgehead atoms. The molecular weight excluding hydrogens is 427 g/mol. The smallest absolute Gasteiger partial charge is 0.191 e. The molecular formula is C18H35IN6. The minimum absolute atomic E-state index is 0. The van der Waals surface area contributed by atoms with Crippen LogP contribution >= 0.6 is 24.0 Å². The third-order valence-corrected chi connectivity index (χ3v) is 4.53. The molecule has 0 saturated heterocycles. The summed E-state index contributed by atoms with van der Waals surface area (Å²) in [5.74, 6) is 2.99. The molecule has 1 aliphatic rings. The van der Waals surface area contributed by atoms with Gasteiger partial charge in [0.2, 0.25) is 0 Å². The quantitative estimate of drug-likeness (QED) is 0.255. The topological polar surface area (TPSA) is 67.1 Å². The maximum Gasteiger partial charge on any atom is 0.191 e. The van der Waals surface area contributed by atoms with Gasteiger partial charge in [0, 0.05) is 25.6 Å². The molecule has 7 heteroatoms. The van der Waals surface area contributed by atoms with Crippen LogP contribution in [0.1, 0.15) is 77.4 Å². The summed E-state index contributed by atoms with van der Waals surface area (Å²) in [4.78, 5) is 4.72. The first-order valence-corrected chi connectivity index (χ1v) is 9.70. The van der Waals surface area contributed by atoms with Crippen LogP contribution in [0.2, 0.25) is 0 Å². The van der Waals surface area contributed by atoms with Gasteiger partial charge in [-0.15, -0.1) is 34.2 Å². The van der Waals surface area contributed by atoms with Gasteiger partial charge in [-0.05, 0) is 33.1 Å². The Morgan fingerprint density at radius 1 is 1.20 bits per heavy atom. The summed E-state index contributed by atoms with van der Waals surface area (Å²) in [6, 6.07) is 0.437. The van der Waals surface area contributed by atoms with Gasteiger partial charge in [0.25, 0.3) is 0 Å². The second kappa shape index (κ2) is 12.5. The molecule has 0 fully saturated rings. The molecule has 144 valence electrons. The first-order chi connectivity index (χ1) is 11.7. The lowest BCUT2D eigenvalue weighted by molar-refractivity contribution is 0.507. The number of nitrogens with one attached hydrogen (secondary N) is 2. The second-order valence-corrected chi connectivity index (χ2v) is 6.73. The van der Waals surface area contributed by atoms with E-state index in [2.05, 4.69) is 46.2 Å². The fraction of sp³-hybridized carbons (Fsp3) is 0.833. The van der Waals surface area contributed by atoms with E-state index in [0.717, 1.165) is 37.1 Å². The Bertz CT molecular complexity index is 514. The molecule has 2 rings (SSSR count). The van der Waals surface area contributed by atoms with E-state index in [1.54, 1.807) is 0 Å². The zero-order chi connectivity index (χ0) is 17.2. The van der Waals surface area contributed by atoms with Crippen LogP contribution in [0.25, 0.3) is 0 Å². The van der Waals surface area contributed by atoms with E-state index in [1.165, 1.54) is 44.9 Å². The fourth-order valence-corrected chi connectivity index (χ4v) is 3.14. The summed E-state index contributed by atoms with van der Waals surface area (Å²) >= 11 is 0. The second-order valence-electron chi connectivity index (χ2n) is 6.73. The van der Waals surface area contributed by atoms with Gasteiger partial charge in [-0.3, -0.25) is 0 Å². The van der Waals surface area contributed by atoms with Gasteiger partial charge in [-0.1, -0.05) is 32.6 Å². The molecule has 2 N–H and O–H groups in total. The predicted molar refractivity (Wildman–Crippen MR) is 115 cm³/mol. The maximum atomic E-state index is 4.72. The fourth-order valence-electron chi connectivity index (χ4n) is 3.14. The van der Waals surface area contributed by atoms with Gasteiger partial charge in [0.15, 0.2) is 11.8 Å². The lowest BCUT2D eigenvalue weighted by Crippen LogP contribution is -2.42. The molecule has 0 amide bonds. The van der Waals surface area contributed by atoms with Crippen molar-refractivity contribution in [2.45, 2.75) is 91.3 Å². The molecule has 1 aliphatic heterocycles. The lowest BCUT2D eigenvalue weighted by Gasteiger charge is -2.18. The number of guanidine groups is 1. The van der Waals surface area contributed by atoms with E-state index in [0.29, 0.717) is 12.6 Å².